The molecule has 2 aromatic carbocycles. The van der Waals surface area contributed by atoms with Gasteiger partial charge >= 0.3 is 11.9 Å². The Morgan fingerprint density at radius 1 is 1.18 bits per heavy atom. The summed E-state index contributed by atoms with van der Waals surface area (Å²) in [6, 6.07) is 11.2. The minimum Gasteiger partial charge on any atom is -0.480 e. The van der Waals surface area contributed by atoms with E-state index >= 15 is 0 Å². The van der Waals surface area contributed by atoms with E-state index in [9.17, 15) is 23.9 Å². The molecular weight excluding hydrogens is 427 g/mol. The van der Waals surface area contributed by atoms with E-state index in [0.717, 1.165) is 5.56 Å². The second-order valence-electron chi connectivity index (χ2n) is 8.15. The number of carboxylic acids is 1. The topological polar surface area (TPSA) is 95.9 Å². The van der Waals surface area contributed by atoms with Crippen LogP contribution < -0.4 is 5.32 Å². The monoisotopic (exact) mass is 456 g/mol. The van der Waals surface area contributed by atoms with Crippen molar-refractivity contribution in [2.24, 2.45) is 0 Å². The molecule has 0 saturated carbocycles. The Morgan fingerprint density at radius 3 is 2.58 bits per heavy atom. The fraction of sp³-hybridized carbons (Fsp3) is 0.400. The zero-order chi connectivity index (χ0) is 24.0. The number of amides is 1. The average Bonchev–Trinajstić information content (AvgIpc) is 2.80. The molecule has 8 heteroatoms. The van der Waals surface area contributed by atoms with Crippen LogP contribution >= 0.6 is 0 Å². The quantitative estimate of drug-likeness (QED) is 0.564. The minimum atomic E-state index is -1.16. The number of halogens is 1. The van der Waals surface area contributed by atoms with Crippen molar-refractivity contribution in [2.45, 2.75) is 57.8 Å². The average molecular weight is 457 g/mol. The zero-order valence-electron chi connectivity index (χ0n) is 18.8. The third kappa shape index (κ3) is 6.16. The smallest absolute Gasteiger partial charge is 0.326 e. The number of nitrogens with zero attached hydrogens (tertiary/aromatic N) is 1. The Kier molecular flexibility index (Phi) is 8.16. The molecule has 2 N–H and O–H groups in total. The van der Waals surface area contributed by atoms with Gasteiger partial charge in [0, 0.05) is 13.0 Å². The van der Waals surface area contributed by atoms with Crippen LogP contribution in [0.3, 0.4) is 0 Å². The molecule has 3 rings (SSSR count). The van der Waals surface area contributed by atoms with Gasteiger partial charge in [0.2, 0.25) is 5.91 Å². The second kappa shape index (κ2) is 11.0. The molecule has 0 bridgehead atoms. The van der Waals surface area contributed by atoms with Crippen molar-refractivity contribution in [3.63, 3.8) is 0 Å². The van der Waals surface area contributed by atoms with E-state index in [2.05, 4.69) is 5.32 Å². The molecule has 1 amide bonds. The van der Waals surface area contributed by atoms with Gasteiger partial charge in [-0.15, -0.1) is 0 Å². The predicted octanol–water partition coefficient (Wildman–Crippen LogP) is 2.71. The van der Waals surface area contributed by atoms with E-state index in [-0.39, 0.29) is 19.6 Å². The van der Waals surface area contributed by atoms with Crippen molar-refractivity contribution in [3.05, 3.63) is 71.0 Å². The first-order chi connectivity index (χ1) is 15.8. The lowest BCUT2D eigenvalue weighted by Gasteiger charge is -2.36. The molecule has 1 aliphatic rings. The van der Waals surface area contributed by atoms with Gasteiger partial charge in [-0.2, -0.15) is 0 Å². The van der Waals surface area contributed by atoms with E-state index in [0.29, 0.717) is 24.0 Å². The van der Waals surface area contributed by atoms with Crippen LogP contribution in [0.15, 0.2) is 48.5 Å². The Morgan fingerprint density at radius 2 is 1.91 bits per heavy atom. The molecule has 0 aliphatic carbocycles. The summed E-state index contributed by atoms with van der Waals surface area (Å²) in [5.74, 6) is -2.49. The van der Waals surface area contributed by atoms with E-state index < -0.39 is 41.8 Å². The van der Waals surface area contributed by atoms with Crippen LogP contribution in [0, 0.1) is 5.82 Å². The van der Waals surface area contributed by atoms with Gasteiger partial charge in [-0.1, -0.05) is 36.4 Å². The number of ether oxygens (including phenoxy) is 1. The van der Waals surface area contributed by atoms with Crippen molar-refractivity contribution in [2.75, 3.05) is 6.61 Å². The van der Waals surface area contributed by atoms with Gasteiger partial charge in [-0.3, -0.25) is 14.9 Å². The highest BCUT2D eigenvalue weighted by atomic mass is 19.1. The van der Waals surface area contributed by atoms with E-state index in [1.165, 1.54) is 17.0 Å². The van der Waals surface area contributed by atoms with Gasteiger partial charge in [-0.05, 0) is 55.5 Å². The number of rotatable bonds is 9. The summed E-state index contributed by atoms with van der Waals surface area (Å²) in [5.41, 5.74) is 2.35. The number of hydrogen-bond donors (Lipinski definition) is 2. The van der Waals surface area contributed by atoms with Gasteiger partial charge in [-0.25, -0.2) is 9.18 Å². The van der Waals surface area contributed by atoms with E-state index in [1.807, 2.05) is 30.3 Å². The van der Waals surface area contributed by atoms with Crippen LogP contribution in [-0.2, 0) is 38.5 Å². The number of aryl methyl sites for hydroxylation is 1. The summed E-state index contributed by atoms with van der Waals surface area (Å²) >= 11 is 0. The van der Waals surface area contributed by atoms with Gasteiger partial charge in [0.25, 0.3) is 0 Å². The summed E-state index contributed by atoms with van der Waals surface area (Å²) in [6.07, 6.45) is 1.06. The molecule has 0 aromatic heterocycles. The zero-order valence-corrected chi connectivity index (χ0v) is 18.8. The van der Waals surface area contributed by atoms with E-state index in [4.69, 9.17) is 4.74 Å². The summed E-state index contributed by atoms with van der Waals surface area (Å²) in [4.78, 5) is 38.9. The lowest BCUT2D eigenvalue weighted by molar-refractivity contribution is -0.153. The number of hydrogen-bond acceptors (Lipinski definition) is 5. The minimum absolute atomic E-state index is 0.0240. The fourth-order valence-electron chi connectivity index (χ4n) is 4.09. The summed E-state index contributed by atoms with van der Waals surface area (Å²) < 4.78 is 18.8. The third-order valence-electron chi connectivity index (χ3n) is 5.82. The Labute approximate surface area is 192 Å². The number of aliphatic carboxylic acids is 1. The first-order valence-electron chi connectivity index (χ1n) is 11.1. The molecule has 1 heterocycles. The Balaban J connectivity index is 1.74. The van der Waals surface area contributed by atoms with Crippen LogP contribution in [0.5, 0.6) is 0 Å². The lowest BCUT2D eigenvalue weighted by Crippen LogP contribution is -2.56. The van der Waals surface area contributed by atoms with Crippen LogP contribution in [0.25, 0.3) is 0 Å². The molecule has 0 spiro atoms. The predicted molar refractivity (Wildman–Crippen MR) is 120 cm³/mol. The number of carbonyl (C=O) groups excluding carboxylic acids is 2. The fourth-order valence-corrected chi connectivity index (χ4v) is 4.09. The van der Waals surface area contributed by atoms with Crippen LogP contribution in [-0.4, -0.2) is 52.6 Å². The molecule has 3 atom stereocenters. The van der Waals surface area contributed by atoms with Crippen molar-refractivity contribution in [1.29, 1.82) is 0 Å². The highest BCUT2D eigenvalue weighted by Crippen LogP contribution is 2.25. The number of carboxylic acid groups (broad SMARTS) is 1. The van der Waals surface area contributed by atoms with Crippen LogP contribution in [0.1, 0.15) is 37.0 Å². The molecule has 2 aromatic rings. The molecule has 7 nitrogen and oxygen atoms in total. The first-order valence-corrected chi connectivity index (χ1v) is 11.1. The maximum absolute atomic E-state index is 13.6. The summed E-state index contributed by atoms with van der Waals surface area (Å²) in [5, 5.41) is 12.7. The van der Waals surface area contributed by atoms with Crippen molar-refractivity contribution < 1.29 is 28.6 Å². The number of nitrogens with one attached hydrogen (secondary N) is 1. The molecular formula is C25H29FN2O5. The van der Waals surface area contributed by atoms with Crippen molar-refractivity contribution in [1.82, 2.24) is 10.2 Å². The highest BCUT2D eigenvalue weighted by Gasteiger charge is 2.37. The Bertz CT molecular complexity index is 998. The SMILES string of the molecule is CCOC(=O)[C@H](CCc1ccccc1)N[C@@H](C)C(=O)N1Cc2ccc(F)cc2C[C@H]1C(=O)O. The van der Waals surface area contributed by atoms with Gasteiger partial charge < -0.3 is 14.7 Å². The number of carbonyl (C=O) groups is 3. The molecule has 0 fully saturated rings. The molecule has 33 heavy (non-hydrogen) atoms. The van der Waals surface area contributed by atoms with E-state index in [1.54, 1.807) is 19.9 Å². The van der Waals surface area contributed by atoms with Crippen LogP contribution in [0.2, 0.25) is 0 Å². The van der Waals surface area contributed by atoms with Crippen molar-refractivity contribution >= 4 is 17.8 Å². The molecule has 176 valence electrons. The molecule has 0 saturated heterocycles. The number of benzene rings is 2. The normalized spacial score (nSPS) is 17.1. The molecule has 0 radical (unpaired) electrons. The maximum atomic E-state index is 13.6. The number of esters is 1. The lowest BCUT2D eigenvalue weighted by atomic mass is 9.93. The highest BCUT2D eigenvalue weighted by molar-refractivity contribution is 5.88. The number of fused-ring (bicyclic) bond motifs is 1. The first kappa shape index (κ1) is 24.4. The van der Waals surface area contributed by atoms with Gasteiger partial charge in [0.05, 0.1) is 12.6 Å². The third-order valence-corrected chi connectivity index (χ3v) is 5.82. The van der Waals surface area contributed by atoms with Gasteiger partial charge in [0.15, 0.2) is 0 Å². The summed E-state index contributed by atoms with van der Waals surface area (Å²) in [7, 11) is 0. The largest absolute Gasteiger partial charge is 0.480 e. The molecule has 1 aliphatic heterocycles. The molecule has 0 unspecified atom stereocenters. The Hall–Kier alpha value is -3.26. The van der Waals surface area contributed by atoms with Gasteiger partial charge in [0.1, 0.15) is 17.9 Å². The van der Waals surface area contributed by atoms with Crippen molar-refractivity contribution in [3.8, 4) is 0 Å². The maximum Gasteiger partial charge on any atom is 0.326 e. The summed E-state index contributed by atoms with van der Waals surface area (Å²) in [6.45, 7) is 3.60. The second-order valence-corrected chi connectivity index (χ2v) is 8.15. The standard InChI is InChI=1S/C25H29FN2O5/c1-3-33-25(32)21(12-9-17-7-5-4-6-8-17)27-16(2)23(29)28-15-18-10-11-20(26)13-19(18)14-22(28)24(30)31/h4-8,10-11,13,16,21-22,27H,3,9,12,14-15H2,1-2H3,(H,30,31)/t16-,21-,22-/m0/s1. The van der Waals surface area contributed by atoms with Crippen LogP contribution in [0.4, 0.5) is 4.39 Å².